The Labute approximate surface area is 136 Å². The van der Waals surface area contributed by atoms with Gasteiger partial charge in [-0.3, -0.25) is 0 Å². The van der Waals surface area contributed by atoms with Crippen LogP contribution in [0.4, 0.5) is 11.8 Å². The second kappa shape index (κ2) is 6.60. The normalized spacial score (nSPS) is 18.8. The summed E-state index contributed by atoms with van der Waals surface area (Å²) in [5.41, 5.74) is 1.17. The van der Waals surface area contributed by atoms with Crippen LogP contribution >= 0.6 is 0 Å². The van der Waals surface area contributed by atoms with Crippen molar-refractivity contribution in [2.45, 2.75) is 63.5 Å². The van der Waals surface area contributed by atoms with Gasteiger partial charge in [-0.2, -0.15) is 4.98 Å². The Hall–Kier alpha value is -2.04. The summed E-state index contributed by atoms with van der Waals surface area (Å²) >= 11 is 0. The van der Waals surface area contributed by atoms with Crippen molar-refractivity contribution in [3.05, 3.63) is 35.9 Å². The molecule has 2 aliphatic rings. The van der Waals surface area contributed by atoms with E-state index in [0.29, 0.717) is 18.5 Å². The lowest BCUT2D eigenvalue weighted by Gasteiger charge is -2.23. The van der Waals surface area contributed by atoms with Gasteiger partial charge in [0.2, 0.25) is 5.95 Å². The minimum Gasteiger partial charge on any atom is -0.467 e. The van der Waals surface area contributed by atoms with Crippen LogP contribution in [-0.2, 0) is 6.54 Å². The first kappa shape index (κ1) is 14.5. The molecule has 2 aromatic rings. The van der Waals surface area contributed by atoms with Crippen molar-refractivity contribution in [3.63, 3.8) is 0 Å². The molecule has 2 aromatic heterocycles. The third-order valence-corrected chi connectivity index (χ3v) is 4.70. The summed E-state index contributed by atoms with van der Waals surface area (Å²) in [5.74, 6) is 3.20. The first-order valence-electron chi connectivity index (χ1n) is 8.78. The van der Waals surface area contributed by atoms with E-state index < -0.39 is 0 Å². The maximum absolute atomic E-state index is 5.38. The predicted octanol–water partition coefficient (Wildman–Crippen LogP) is 4.30. The second-order valence-corrected chi connectivity index (χ2v) is 6.69. The molecule has 0 amide bonds. The van der Waals surface area contributed by atoms with Crippen LogP contribution in [0.2, 0.25) is 0 Å². The highest BCUT2D eigenvalue weighted by Gasteiger charge is 2.26. The Bertz CT molecular complexity index is 630. The Kier molecular flexibility index (Phi) is 4.18. The maximum atomic E-state index is 5.38. The highest BCUT2D eigenvalue weighted by atomic mass is 16.3. The molecule has 0 saturated heterocycles. The number of aromatic nitrogens is 2. The molecular weight excluding hydrogens is 288 g/mol. The molecule has 0 aliphatic heterocycles. The lowest BCUT2D eigenvalue weighted by atomic mass is 9.96. The van der Waals surface area contributed by atoms with Crippen LogP contribution in [-0.4, -0.2) is 16.0 Å². The number of hydrogen-bond donors (Lipinski definition) is 2. The lowest BCUT2D eigenvalue weighted by molar-refractivity contribution is 0.460. The Morgan fingerprint density at radius 1 is 1.09 bits per heavy atom. The van der Waals surface area contributed by atoms with Crippen LogP contribution in [0.3, 0.4) is 0 Å². The van der Waals surface area contributed by atoms with Crippen LogP contribution in [0, 0.1) is 0 Å². The quantitative estimate of drug-likeness (QED) is 0.832. The van der Waals surface area contributed by atoms with E-state index in [-0.39, 0.29) is 0 Å². The van der Waals surface area contributed by atoms with Crippen molar-refractivity contribution in [2.24, 2.45) is 0 Å². The Morgan fingerprint density at radius 3 is 2.70 bits per heavy atom. The van der Waals surface area contributed by atoms with Gasteiger partial charge >= 0.3 is 0 Å². The molecular formula is C18H24N4O. The molecule has 0 spiro atoms. The molecule has 0 unspecified atom stereocenters. The first-order chi connectivity index (χ1) is 11.4. The van der Waals surface area contributed by atoms with Gasteiger partial charge in [0.1, 0.15) is 11.6 Å². The summed E-state index contributed by atoms with van der Waals surface area (Å²) in [4.78, 5) is 9.41. The van der Waals surface area contributed by atoms with E-state index in [0.717, 1.165) is 17.5 Å². The standard InChI is InChI=1S/C18H24N4O/c1-2-5-14(6-3-1)20-18-21-16(13-8-9-13)11-17(22-18)19-12-15-7-4-10-23-15/h4,7,10-11,13-14H,1-3,5-6,8-9,12H2,(H2,19,20,21,22). The summed E-state index contributed by atoms with van der Waals surface area (Å²) in [7, 11) is 0. The van der Waals surface area contributed by atoms with E-state index in [4.69, 9.17) is 9.40 Å². The van der Waals surface area contributed by atoms with E-state index in [2.05, 4.69) is 21.7 Å². The zero-order valence-electron chi connectivity index (χ0n) is 13.4. The second-order valence-electron chi connectivity index (χ2n) is 6.69. The third kappa shape index (κ3) is 3.84. The summed E-state index contributed by atoms with van der Waals surface area (Å²) in [6.07, 6.45) is 10.6. The molecule has 122 valence electrons. The van der Waals surface area contributed by atoms with Gasteiger partial charge in [-0.25, -0.2) is 4.98 Å². The molecule has 5 heteroatoms. The van der Waals surface area contributed by atoms with Crippen LogP contribution < -0.4 is 10.6 Å². The average Bonchev–Trinajstić information content (AvgIpc) is 3.30. The largest absolute Gasteiger partial charge is 0.467 e. The number of nitrogens with zero attached hydrogens (tertiary/aromatic N) is 2. The molecule has 4 rings (SSSR count). The third-order valence-electron chi connectivity index (χ3n) is 4.70. The molecule has 2 saturated carbocycles. The van der Waals surface area contributed by atoms with Crippen molar-refractivity contribution >= 4 is 11.8 Å². The molecule has 5 nitrogen and oxygen atoms in total. The van der Waals surface area contributed by atoms with Crippen LogP contribution in [0.15, 0.2) is 28.9 Å². The number of nitrogens with one attached hydrogen (secondary N) is 2. The van der Waals surface area contributed by atoms with Crippen LogP contribution in [0.1, 0.15) is 62.3 Å². The highest BCUT2D eigenvalue weighted by molar-refractivity contribution is 5.44. The fourth-order valence-electron chi connectivity index (χ4n) is 3.23. The molecule has 0 atom stereocenters. The topological polar surface area (TPSA) is 63.0 Å². The zero-order chi connectivity index (χ0) is 15.5. The molecule has 2 fully saturated rings. The SMILES string of the molecule is c1coc(CNc2cc(C3CC3)nc(NC3CCCCC3)n2)c1. The predicted molar refractivity (Wildman–Crippen MR) is 90.5 cm³/mol. The molecule has 0 aromatic carbocycles. The summed E-state index contributed by atoms with van der Waals surface area (Å²) < 4.78 is 5.38. The van der Waals surface area contributed by atoms with Gasteiger partial charge < -0.3 is 15.1 Å². The van der Waals surface area contributed by atoms with Crippen molar-refractivity contribution in [1.82, 2.24) is 9.97 Å². The highest BCUT2D eigenvalue weighted by Crippen LogP contribution is 2.40. The summed E-state index contributed by atoms with van der Waals surface area (Å²) in [6, 6.07) is 6.49. The van der Waals surface area contributed by atoms with Gasteiger partial charge in [-0.05, 0) is 37.8 Å². The van der Waals surface area contributed by atoms with Crippen LogP contribution in [0.5, 0.6) is 0 Å². The van der Waals surface area contributed by atoms with E-state index in [9.17, 15) is 0 Å². The summed E-state index contributed by atoms with van der Waals surface area (Å²) in [6.45, 7) is 0.650. The number of rotatable bonds is 6. The molecule has 0 radical (unpaired) electrons. The monoisotopic (exact) mass is 312 g/mol. The minimum absolute atomic E-state index is 0.524. The fraction of sp³-hybridized carbons (Fsp3) is 0.556. The zero-order valence-corrected chi connectivity index (χ0v) is 13.4. The van der Waals surface area contributed by atoms with Crippen molar-refractivity contribution in [2.75, 3.05) is 10.6 Å². The smallest absolute Gasteiger partial charge is 0.225 e. The van der Waals surface area contributed by atoms with Crippen LogP contribution in [0.25, 0.3) is 0 Å². The molecule has 2 heterocycles. The Balaban J connectivity index is 1.48. The number of furan rings is 1. The average molecular weight is 312 g/mol. The van der Waals surface area contributed by atoms with Gasteiger partial charge in [0.25, 0.3) is 0 Å². The van der Waals surface area contributed by atoms with E-state index in [1.54, 1.807) is 6.26 Å². The van der Waals surface area contributed by atoms with Gasteiger partial charge in [-0.1, -0.05) is 19.3 Å². The fourth-order valence-corrected chi connectivity index (χ4v) is 3.23. The van der Waals surface area contributed by atoms with Crippen molar-refractivity contribution < 1.29 is 4.42 Å². The van der Waals surface area contributed by atoms with Gasteiger partial charge in [0, 0.05) is 18.0 Å². The van der Waals surface area contributed by atoms with Crippen molar-refractivity contribution in [3.8, 4) is 0 Å². The lowest BCUT2D eigenvalue weighted by Crippen LogP contribution is -2.24. The van der Waals surface area contributed by atoms with Gasteiger partial charge in [0.15, 0.2) is 0 Å². The Morgan fingerprint density at radius 2 is 1.96 bits per heavy atom. The van der Waals surface area contributed by atoms with E-state index in [1.807, 2.05) is 12.1 Å². The first-order valence-corrected chi connectivity index (χ1v) is 8.78. The molecule has 2 N–H and O–H groups in total. The van der Waals surface area contributed by atoms with Gasteiger partial charge in [0.05, 0.1) is 18.5 Å². The molecule has 2 aliphatic carbocycles. The summed E-state index contributed by atoms with van der Waals surface area (Å²) in [5, 5.41) is 6.91. The minimum atomic E-state index is 0.524. The van der Waals surface area contributed by atoms with Crippen molar-refractivity contribution in [1.29, 1.82) is 0 Å². The van der Waals surface area contributed by atoms with E-state index >= 15 is 0 Å². The molecule has 0 bridgehead atoms. The van der Waals surface area contributed by atoms with E-state index in [1.165, 1.54) is 50.6 Å². The van der Waals surface area contributed by atoms with Gasteiger partial charge in [-0.15, -0.1) is 0 Å². The molecule has 23 heavy (non-hydrogen) atoms. The number of hydrogen-bond acceptors (Lipinski definition) is 5. The maximum Gasteiger partial charge on any atom is 0.225 e. The number of anilines is 2.